The summed E-state index contributed by atoms with van der Waals surface area (Å²) in [7, 11) is 0. The van der Waals surface area contributed by atoms with Gasteiger partial charge in [0, 0.05) is 38.0 Å². The van der Waals surface area contributed by atoms with Crippen LogP contribution in [0.4, 0.5) is 23.3 Å². The van der Waals surface area contributed by atoms with E-state index in [0.29, 0.717) is 49.2 Å². The molecule has 0 bridgehead atoms. The minimum atomic E-state index is -0.326. The molecule has 2 aliphatic heterocycles. The lowest BCUT2D eigenvalue weighted by Gasteiger charge is -2.36. The Morgan fingerprint density at radius 2 is 1.10 bits per heavy atom. The van der Waals surface area contributed by atoms with Crippen molar-refractivity contribution in [2.24, 2.45) is 0 Å². The third kappa shape index (κ3) is 7.55. The van der Waals surface area contributed by atoms with Crippen molar-refractivity contribution < 1.29 is 19.8 Å². The smallest absolute Gasteiger partial charge is 0.231 e. The molecule has 7 rings (SSSR count). The molecule has 2 saturated heterocycles. The Hall–Kier alpha value is -5.08. The number of amides is 2. The topological polar surface area (TPSA) is 182 Å². The Balaban J connectivity index is 0.891. The molecule has 1 aliphatic carbocycles. The van der Waals surface area contributed by atoms with Gasteiger partial charge in [0.1, 0.15) is 11.6 Å². The lowest BCUT2D eigenvalue weighted by Crippen LogP contribution is -2.51. The van der Waals surface area contributed by atoms with Crippen molar-refractivity contribution >= 4 is 35.1 Å². The van der Waals surface area contributed by atoms with E-state index in [-0.39, 0.29) is 48.7 Å². The van der Waals surface area contributed by atoms with Gasteiger partial charge in [0.15, 0.2) is 11.6 Å². The zero-order chi connectivity index (χ0) is 33.0. The first kappa shape index (κ1) is 31.5. The average Bonchev–Trinajstić information content (AvgIpc) is 3.06. The molecule has 0 spiro atoms. The molecule has 3 aliphatic rings. The number of hydrogen-bond donors (Lipinski definition) is 4. The molecule has 248 valence electrons. The fourth-order valence-electron chi connectivity index (χ4n) is 6.45. The number of carbonyl (C=O) groups excluding carboxylic acids is 2. The maximum absolute atomic E-state index is 12.7. The van der Waals surface area contributed by atoms with Gasteiger partial charge >= 0.3 is 0 Å². The molecule has 14 nitrogen and oxygen atoms in total. The molecule has 0 unspecified atom stereocenters. The van der Waals surface area contributed by atoms with Crippen LogP contribution in [0.25, 0.3) is 0 Å². The summed E-state index contributed by atoms with van der Waals surface area (Å²) in [6.45, 7) is 2.20. The van der Waals surface area contributed by atoms with Gasteiger partial charge < -0.3 is 30.6 Å². The van der Waals surface area contributed by atoms with Crippen molar-refractivity contribution in [3.8, 4) is 0 Å². The Morgan fingerprint density at radius 3 is 1.50 bits per heavy atom. The van der Waals surface area contributed by atoms with Crippen LogP contribution >= 0.6 is 0 Å². The van der Waals surface area contributed by atoms with Gasteiger partial charge in [0.05, 0.1) is 47.8 Å². The third-order valence-electron chi connectivity index (χ3n) is 9.06. The average molecular weight is 651 g/mol. The molecule has 2 atom stereocenters. The lowest BCUT2D eigenvalue weighted by molar-refractivity contribution is -0.116. The summed E-state index contributed by atoms with van der Waals surface area (Å²) in [5.41, 5.74) is 3.05. The highest BCUT2D eigenvalue weighted by molar-refractivity contribution is 5.91. The zero-order valence-electron chi connectivity index (χ0n) is 26.4. The van der Waals surface area contributed by atoms with Crippen LogP contribution in [-0.4, -0.2) is 90.8 Å². The first-order chi connectivity index (χ1) is 23.3. The lowest BCUT2D eigenvalue weighted by atomic mass is 9.78. The molecule has 3 fully saturated rings. The van der Waals surface area contributed by atoms with Gasteiger partial charge in [0.2, 0.25) is 11.8 Å². The third-order valence-corrected chi connectivity index (χ3v) is 9.06. The highest BCUT2D eigenvalue weighted by atomic mass is 16.3. The molecule has 1 saturated carbocycles. The number of carbonyl (C=O) groups is 2. The highest BCUT2D eigenvalue weighted by Crippen LogP contribution is 2.40. The van der Waals surface area contributed by atoms with Gasteiger partial charge in [-0.25, -0.2) is 9.97 Å². The summed E-state index contributed by atoms with van der Waals surface area (Å²) in [5.74, 6) is 2.25. The second-order valence-corrected chi connectivity index (χ2v) is 12.8. The van der Waals surface area contributed by atoms with Crippen molar-refractivity contribution in [1.82, 2.24) is 30.4 Å². The van der Waals surface area contributed by atoms with E-state index in [2.05, 4.69) is 41.0 Å². The van der Waals surface area contributed by atoms with Crippen LogP contribution in [0.3, 0.4) is 0 Å². The van der Waals surface area contributed by atoms with E-state index in [9.17, 15) is 19.8 Å². The predicted octanol–water partition coefficient (Wildman–Crippen LogP) is 2.22. The molecule has 4 aromatic rings. The van der Waals surface area contributed by atoms with Crippen LogP contribution in [0.2, 0.25) is 0 Å². The van der Waals surface area contributed by atoms with E-state index >= 15 is 0 Å². The molecule has 0 radical (unpaired) electrons. The number of aliphatic hydroxyl groups excluding tert-OH is 2. The minimum absolute atomic E-state index is 0.109. The van der Waals surface area contributed by atoms with Crippen LogP contribution in [-0.2, 0) is 22.4 Å². The summed E-state index contributed by atoms with van der Waals surface area (Å²) in [6.07, 6.45) is 3.41. The number of nitrogens with one attached hydrogen (secondary N) is 2. The number of aliphatic hydroxyl groups is 2. The summed E-state index contributed by atoms with van der Waals surface area (Å²) in [6, 6.07) is 18.5. The second kappa shape index (κ2) is 14.0. The van der Waals surface area contributed by atoms with E-state index < -0.39 is 0 Å². The quantitative estimate of drug-likeness (QED) is 0.197. The van der Waals surface area contributed by atoms with Gasteiger partial charge in [-0.15, -0.1) is 10.2 Å². The summed E-state index contributed by atoms with van der Waals surface area (Å²) in [5, 5.41) is 42.2. The Morgan fingerprint density at radius 1 is 0.646 bits per heavy atom. The second-order valence-electron chi connectivity index (χ2n) is 12.8. The first-order valence-electron chi connectivity index (χ1n) is 16.4. The SMILES string of the molecule is O=C(Cc1cccc(N2CC(O)C2)n1)Nc1ccc([C@H]2CCC[C@H](c3ccc(NC(=O)Cc4cccc(N5CC(O)C5)n4)nn3)C2)nn1. The number of nitrogens with zero attached hydrogens (tertiary/aromatic N) is 8. The summed E-state index contributed by atoms with van der Waals surface area (Å²) < 4.78 is 0. The van der Waals surface area contributed by atoms with Gasteiger partial charge in [-0.1, -0.05) is 18.6 Å². The van der Waals surface area contributed by atoms with Crippen molar-refractivity contribution in [3.63, 3.8) is 0 Å². The Kier molecular flexibility index (Phi) is 9.16. The Labute approximate surface area is 277 Å². The van der Waals surface area contributed by atoms with E-state index in [1.807, 2.05) is 58.3 Å². The fraction of sp³-hybridized carbons (Fsp3) is 0.412. The molecule has 14 heteroatoms. The molecule has 48 heavy (non-hydrogen) atoms. The number of pyridine rings is 2. The largest absolute Gasteiger partial charge is 0.389 e. The first-order valence-corrected chi connectivity index (χ1v) is 16.4. The maximum Gasteiger partial charge on any atom is 0.231 e. The molecule has 4 aromatic heterocycles. The van der Waals surface area contributed by atoms with Crippen molar-refractivity contribution in [1.29, 1.82) is 0 Å². The molecule has 6 heterocycles. The molecule has 4 N–H and O–H groups in total. The van der Waals surface area contributed by atoms with Crippen LogP contribution in [0, 0.1) is 0 Å². The predicted molar refractivity (Wildman–Crippen MR) is 178 cm³/mol. The Bertz CT molecular complexity index is 1620. The van der Waals surface area contributed by atoms with Gasteiger partial charge in [0.25, 0.3) is 0 Å². The number of rotatable bonds is 10. The monoisotopic (exact) mass is 650 g/mol. The van der Waals surface area contributed by atoms with Crippen LogP contribution < -0.4 is 20.4 Å². The van der Waals surface area contributed by atoms with Crippen molar-refractivity contribution in [2.75, 3.05) is 46.6 Å². The molecular weight excluding hydrogens is 612 g/mol. The van der Waals surface area contributed by atoms with Crippen LogP contribution in [0.1, 0.15) is 60.3 Å². The van der Waals surface area contributed by atoms with E-state index in [1.165, 1.54) is 0 Å². The molecular formula is C34H38N10O4. The van der Waals surface area contributed by atoms with Gasteiger partial charge in [-0.3, -0.25) is 9.59 Å². The van der Waals surface area contributed by atoms with E-state index in [4.69, 9.17) is 0 Å². The van der Waals surface area contributed by atoms with Gasteiger partial charge in [-0.2, -0.15) is 10.2 Å². The minimum Gasteiger partial charge on any atom is -0.389 e. The molecule has 0 aromatic carbocycles. The molecule has 2 amide bonds. The number of aromatic nitrogens is 6. The summed E-state index contributed by atoms with van der Waals surface area (Å²) in [4.78, 5) is 38.4. The highest BCUT2D eigenvalue weighted by Gasteiger charge is 2.28. The number of β-amino-alcohol motifs (C(OH)–C–C–N with tert-alkyl or cyclic N) is 2. The number of anilines is 4. The van der Waals surface area contributed by atoms with E-state index in [1.54, 1.807) is 12.1 Å². The van der Waals surface area contributed by atoms with Crippen molar-refractivity contribution in [3.05, 3.63) is 83.4 Å². The van der Waals surface area contributed by atoms with Crippen molar-refractivity contribution in [2.45, 2.75) is 62.6 Å². The summed E-state index contributed by atoms with van der Waals surface area (Å²) >= 11 is 0. The van der Waals surface area contributed by atoms with Crippen LogP contribution in [0.5, 0.6) is 0 Å². The standard InChI is InChI=1S/C34H38N10O4/c45-25-17-43(18-25)31-8-2-6-23(35-31)15-33(47)37-29-12-10-27(39-41-29)21-4-1-5-22(14-21)28-11-13-30(42-40-28)38-34(48)16-24-7-3-9-32(36-24)44-19-26(46)20-44/h2-3,6-13,21-22,25-26,45-46H,1,4-5,14-20H2,(H,37,41,47)(H,38,42,48)/t21-,22-/m0/s1. The van der Waals surface area contributed by atoms with Crippen LogP contribution in [0.15, 0.2) is 60.7 Å². The zero-order valence-corrected chi connectivity index (χ0v) is 26.4. The van der Waals surface area contributed by atoms with E-state index in [0.717, 1.165) is 48.7 Å². The van der Waals surface area contributed by atoms with Gasteiger partial charge in [-0.05, 0) is 67.8 Å². The maximum atomic E-state index is 12.7. The normalized spacial score (nSPS) is 19.7. The fourth-order valence-corrected chi connectivity index (χ4v) is 6.45. The number of hydrogen-bond acceptors (Lipinski definition) is 12.